The lowest BCUT2D eigenvalue weighted by atomic mass is 10.1. The van der Waals surface area contributed by atoms with Crippen molar-refractivity contribution >= 4 is 23.6 Å². The Kier molecular flexibility index (Phi) is 6.32. The highest BCUT2D eigenvalue weighted by Gasteiger charge is 2.20. The highest BCUT2D eigenvalue weighted by atomic mass is 16.5. The van der Waals surface area contributed by atoms with Crippen LogP contribution in [0, 0.1) is 0 Å². The molecule has 1 aliphatic rings. The third-order valence-electron chi connectivity index (χ3n) is 4.76. The van der Waals surface area contributed by atoms with E-state index < -0.39 is 0 Å². The minimum Gasteiger partial charge on any atom is -0.497 e. The second-order valence-electron chi connectivity index (χ2n) is 6.46. The van der Waals surface area contributed by atoms with Gasteiger partial charge in [-0.2, -0.15) is 0 Å². The van der Waals surface area contributed by atoms with Gasteiger partial charge in [-0.15, -0.1) is 0 Å². The number of anilines is 1. The number of nitrogens with zero attached hydrogens (tertiary/aromatic N) is 2. The molecular formula is C22H24N2O4. The van der Waals surface area contributed by atoms with Crippen molar-refractivity contribution < 1.29 is 19.1 Å². The normalized spacial score (nSPS) is 14.2. The van der Waals surface area contributed by atoms with Crippen LogP contribution < -0.4 is 9.64 Å². The molecule has 0 N–H and O–H groups in total. The van der Waals surface area contributed by atoms with Crippen LogP contribution in [0.4, 0.5) is 5.69 Å². The van der Waals surface area contributed by atoms with Crippen LogP contribution in [0.15, 0.2) is 54.6 Å². The van der Waals surface area contributed by atoms with Crippen molar-refractivity contribution in [2.75, 3.05) is 45.3 Å². The number of rotatable bonds is 5. The van der Waals surface area contributed by atoms with E-state index in [1.165, 1.54) is 7.11 Å². The molecule has 0 bridgehead atoms. The zero-order valence-electron chi connectivity index (χ0n) is 16.1. The van der Waals surface area contributed by atoms with Crippen LogP contribution in [0.1, 0.15) is 15.9 Å². The van der Waals surface area contributed by atoms with Crippen molar-refractivity contribution in [3.63, 3.8) is 0 Å². The smallest absolute Gasteiger partial charge is 0.337 e. The molecule has 28 heavy (non-hydrogen) atoms. The number of ether oxygens (including phenoxy) is 2. The van der Waals surface area contributed by atoms with Gasteiger partial charge in [0.1, 0.15) is 5.75 Å². The second-order valence-corrected chi connectivity index (χ2v) is 6.46. The summed E-state index contributed by atoms with van der Waals surface area (Å²) >= 11 is 0. The highest BCUT2D eigenvalue weighted by Crippen LogP contribution is 2.22. The minimum atomic E-state index is -0.375. The number of hydrogen-bond acceptors (Lipinski definition) is 5. The molecule has 0 saturated carbocycles. The van der Waals surface area contributed by atoms with Crippen molar-refractivity contribution in [3.05, 3.63) is 65.7 Å². The Hall–Kier alpha value is -3.28. The monoisotopic (exact) mass is 380 g/mol. The molecule has 3 rings (SSSR count). The van der Waals surface area contributed by atoms with Crippen LogP contribution in [0.5, 0.6) is 5.75 Å². The van der Waals surface area contributed by atoms with Crippen LogP contribution >= 0.6 is 0 Å². The van der Waals surface area contributed by atoms with Gasteiger partial charge in [0.25, 0.3) is 0 Å². The number of piperazine rings is 1. The van der Waals surface area contributed by atoms with Gasteiger partial charge >= 0.3 is 5.97 Å². The summed E-state index contributed by atoms with van der Waals surface area (Å²) in [5.74, 6) is 0.444. The third-order valence-corrected chi connectivity index (χ3v) is 4.76. The van der Waals surface area contributed by atoms with Crippen molar-refractivity contribution in [2.24, 2.45) is 0 Å². The fourth-order valence-corrected chi connectivity index (χ4v) is 3.11. The molecule has 6 heteroatoms. The van der Waals surface area contributed by atoms with Gasteiger partial charge < -0.3 is 19.3 Å². The number of carbonyl (C=O) groups excluding carboxylic acids is 2. The minimum absolute atomic E-state index is 0.0117. The first-order valence-corrected chi connectivity index (χ1v) is 9.15. The fourth-order valence-electron chi connectivity index (χ4n) is 3.11. The lowest BCUT2D eigenvalue weighted by Crippen LogP contribution is -2.48. The second kappa shape index (κ2) is 9.08. The maximum atomic E-state index is 12.5. The molecule has 0 radical (unpaired) electrons. The average Bonchev–Trinajstić information content (AvgIpc) is 2.77. The largest absolute Gasteiger partial charge is 0.497 e. The van der Waals surface area contributed by atoms with Gasteiger partial charge in [-0.3, -0.25) is 4.79 Å². The molecule has 0 aromatic heterocycles. The Bertz CT molecular complexity index is 853. The Morgan fingerprint density at radius 3 is 2.32 bits per heavy atom. The van der Waals surface area contributed by atoms with E-state index >= 15 is 0 Å². The summed E-state index contributed by atoms with van der Waals surface area (Å²) in [6, 6.07) is 14.9. The standard InChI is InChI=1S/C22H24N2O4/c1-27-20-5-3-4-19(16-20)23-12-14-24(15-13-23)21(25)11-8-17-6-9-18(10-7-17)22(26)28-2/h3-11,16H,12-15H2,1-2H3. The third kappa shape index (κ3) is 4.71. The van der Waals surface area contributed by atoms with Crippen molar-refractivity contribution in [3.8, 4) is 5.75 Å². The Balaban J connectivity index is 1.54. The molecule has 1 amide bonds. The van der Waals surface area contributed by atoms with Crippen molar-refractivity contribution in [2.45, 2.75) is 0 Å². The number of benzene rings is 2. The topological polar surface area (TPSA) is 59.1 Å². The van der Waals surface area contributed by atoms with Gasteiger partial charge in [0.2, 0.25) is 5.91 Å². The molecule has 2 aromatic rings. The van der Waals surface area contributed by atoms with Crippen LogP contribution in [-0.2, 0) is 9.53 Å². The summed E-state index contributed by atoms with van der Waals surface area (Å²) in [6.07, 6.45) is 3.34. The molecular weight excluding hydrogens is 356 g/mol. The van der Waals surface area contributed by atoms with E-state index in [0.29, 0.717) is 18.7 Å². The fraction of sp³-hybridized carbons (Fsp3) is 0.273. The summed E-state index contributed by atoms with van der Waals surface area (Å²) in [6.45, 7) is 2.89. The summed E-state index contributed by atoms with van der Waals surface area (Å²) in [5.41, 5.74) is 2.45. The summed E-state index contributed by atoms with van der Waals surface area (Å²) < 4.78 is 9.96. The van der Waals surface area contributed by atoms with Gasteiger partial charge in [0.15, 0.2) is 0 Å². The highest BCUT2D eigenvalue weighted by molar-refractivity contribution is 5.92. The molecule has 0 aliphatic carbocycles. The zero-order chi connectivity index (χ0) is 19.9. The number of esters is 1. The lowest BCUT2D eigenvalue weighted by Gasteiger charge is -2.35. The predicted molar refractivity (Wildman–Crippen MR) is 109 cm³/mol. The SMILES string of the molecule is COC(=O)c1ccc(C=CC(=O)N2CCN(c3cccc(OC)c3)CC2)cc1. The van der Waals surface area contributed by atoms with Gasteiger partial charge in [0.05, 0.1) is 19.8 Å². The first-order chi connectivity index (χ1) is 13.6. The molecule has 0 unspecified atom stereocenters. The lowest BCUT2D eigenvalue weighted by molar-refractivity contribution is -0.126. The van der Waals surface area contributed by atoms with Gasteiger partial charge in [-0.1, -0.05) is 18.2 Å². The Morgan fingerprint density at radius 1 is 0.964 bits per heavy atom. The average molecular weight is 380 g/mol. The van der Waals surface area contributed by atoms with E-state index in [1.807, 2.05) is 23.1 Å². The summed E-state index contributed by atoms with van der Waals surface area (Å²) in [4.78, 5) is 28.0. The first-order valence-electron chi connectivity index (χ1n) is 9.15. The molecule has 0 atom stereocenters. The number of carbonyl (C=O) groups is 2. The number of methoxy groups -OCH3 is 2. The van der Waals surface area contributed by atoms with Crippen LogP contribution in [0.2, 0.25) is 0 Å². The first kappa shape index (κ1) is 19.5. The van der Waals surface area contributed by atoms with Gasteiger partial charge in [-0.05, 0) is 35.9 Å². The van der Waals surface area contributed by atoms with E-state index in [2.05, 4.69) is 15.7 Å². The van der Waals surface area contributed by atoms with Crippen molar-refractivity contribution in [1.29, 1.82) is 0 Å². The molecule has 1 fully saturated rings. The summed E-state index contributed by atoms with van der Waals surface area (Å²) in [5, 5.41) is 0. The van der Waals surface area contributed by atoms with E-state index in [1.54, 1.807) is 43.5 Å². The molecule has 1 saturated heterocycles. The molecule has 6 nitrogen and oxygen atoms in total. The maximum absolute atomic E-state index is 12.5. The van der Waals surface area contributed by atoms with E-state index in [-0.39, 0.29) is 11.9 Å². The van der Waals surface area contributed by atoms with Crippen LogP contribution in [0.3, 0.4) is 0 Å². The number of hydrogen-bond donors (Lipinski definition) is 0. The van der Waals surface area contributed by atoms with Crippen LogP contribution in [0.25, 0.3) is 6.08 Å². The molecule has 146 valence electrons. The Labute approximate surface area is 165 Å². The summed E-state index contributed by atoms with van der Waals surface area (Å²) in [7, 11) is 3.01. The van der Waals surface area contributed by atoms with Crippen LogP contribution in [-0.4, -0.2) is 57.2 Å². The van der Waals surface area contributed by atoms with Gasteiger partial charge in [0, 0.05) is 44.0 Å². The Morgan fingerprint density at radius 2 is 1.68 bits per heavy atom. The van der Waals surface area contributed by atoms with Crippen molar-refractivity contribution in [1.82, 2.24) is 4.90 Å². The molecule has 1 aliphatic heterocycles. The molecule has 1 heterocycles. The predicted octanol–water partition coefficient (Wildman–Crippen LogP) is 2.84. The molecule has 2 aromatic carbocycles. The quantitative estimate of drug-likeness (QED) is 0.590. The number of amides is 1. The zero-order valence-corrected chi connectivity index (χ0v) is 16.1. The molecule has 0 spiro atoms. The van der Waals surface area contributed by atoms with Gasteiger partial charge in [-0.25, -0.2) is 4.79 Å². The van der Waals surface area contributed by atoms with E-state index in [4.69, 9.17) is 4.74 Å². The van der Waals surface area contributed by atoms with E-state index in [9.17, 15) is 9.59 Å². The maximum Gasteiger partial charge on any atom is 0.337 e. The van der Waals surface area contributed by atoms with E-state index in [0.717, 1.165) is 30.1 Å².